The number of carbonyl (C=O) groups excluding carboxylic acids is 2. The number of benzene rings is 1. The summed E-state index contributed by atoms with van der Waals surface area (Å²) in [5.74, 6) is 1.42. The molecular formula is C21H29N5O3. The Morgan fingerprint density at radius 2 is 2.07 bits per heavy atom. The van der Waals surface area contributed by atoms with Gasteiger partial charge in [0.1, 0.15) is 12.4 Å². The van der Waals surface area contributed by atoms with Crippen molar-refractivity contribution < 1.29 is 14.3 Å². The van der Waals surface area contributed by atoms with Gasteiger partial charge in [-0.2, -0.15) is 5.10 Å². The number of amides is 2. The molecule has 0 bridgehead atoms. The number of hydrogen-bond donors (Lipinski definition) is 2. The topological polar surface area (TPSA) is 100 Å². The van der Waals surface area contributed by atoms with Crippen molar-refractivity contribution in [3.05, 3.63) is 47.5 Å². The smallest absolute Gasteiger partial charge is 0.249 e. The number of aryl methyl sites for hydroxylation is 1. The van der Waals surface area contributed by atoms with E-state index in [0.717, 1.165) is 5.56 Å². The highest BCUT2D eigenvalue weighted by Crippen LogP contribution is 2.30. The van der Waals surface area contributed by atoms with E-state index in [-0.39, 0.29) is 36.4 Å². The molecule has 1 saturated heterocycles. The van der Waals surface area contributed by atoms with Crippen LogP contribution in [-0.2, 0) is 20.9 Å². The predicted octanol–water partition coefficient (Wildman–Crippen LogP) is 2.13. The van der Waals surface area contributed by atoms with Crippen LogP contribution in [0.4, 0.5) is 0 Å². The Kier molecular flexibility index (Phi) is 6.98. The highest BCUT2D eigenvalue weighted by molar-refractivity contribution is 5.79. The molecule has 0 aliphatic carbocycles. The lowest BCUT2D eigenvalue weighted by molar-refractivity contribution is -0.138. The normalized spacial score (nSPS) is 19.0. The molecule has 3 rings (SSSR count). The Morgan fingerprint density at radius 3 is 2.72 bits per heavy atom. The Morgan fingerprint density at radius 1 is 1.31 bits per heavy atom. The molecule has 1 aliphatic rings. The van der Waals surface area contributed by atoms with E-state index in [9.17, 15) is 9.59 Å². The summed E-state index contributed by atoms with van der Waals surface area (Å²) in [6.45, 7) is 6.61. The zero-order chi connectivity index (χ0) is 20.8. The number of nitrogens with zero attached hydrogens (tertiary/aromatic N) is 3. The van der Waals surface area contributed by atoms with Crippen molar-refractivity contribution in [3.63, 3.8) is 0 Å². The van der Waals surface area contributed by atoms with Crippen LogP contribution in [0.5, 0.6) is 0 Å². The molecule has 0 unspecified atom stereocenters. The average Bonchev–Trinajstić information content (AvgIpc) is 3.28. The second kappa shape index (κ2) is 9.65. The first-order chi connectivity index (χ1) is 13.9. The molecule has 2 amide bonds. The second-order valence-corrected chi connectivity index (χ2v) is 7.92. The van der Waals surface area contributed by atoms with Crippen LogP contribution in [0.15, 0.2) is 30.3 Å². The van der Waals surface area contributed by atoms with Gasteiger partial charge in [0.25, 0.3) is 0 Å². The standard InChI is InChI=1S/C21H29N5O3/c1-14(2)9-19(27)23-17-10-18(21-22-15(3)24-25-21)26(11-17)20(28)13-29-12-16-7-5-4-6-8-16/h4-8,14,17-18H,9-13H2,1-3H3,(H,23,27)(H,22,24,25)/t17-,18-/m0/s1. The summed E-state index contributed by atoms with van der Waals surface area (Å²) in [5.41, 5.74) is 1.02. The number of aromatic nitrogens is 3. The minimum Gasteiger partial charge on any atom is -0.367 e. The van der Waals surface area contributed by atoms with Crippen molar-refractivity contribution in [1.29, 1.82) is 0 Å². The van der Waals surface area contributed by atoms with Gasteiger partial charge in [-0.25, -0.2) is 4.98 Å². The van der Waals surface area contributed by atoms with E-state index in [4.69, 9.17) is 4.74 Å². The summed E-state index contributed by atoms with van der Waals surface area (Å²) in [4.78, 5) is 31.2. The molecule has 0 radical (unpaired) electrons. The van der Waals surface area contributed by atoms with Crippen LogP contribution in [0.1, 0.15) is 49.9 Å². The van der Waals surface area contributed by atoms with Gasteiger partial charge in [-0.15, -0.1) is 0 Å². The molecular weight excluding hydrogens is 370 g/mol. The minimum absolute atomic E-state index is 0.00421. The van der Waals surface area contributed by atoms with Crippen molar-refractivity contribution in [1.82, 2.24) is 25.4 Å². The molecule has 29 heavy (non-hydrogen) atoms. The van der Waals surface area contributed by atoms with Gasteiger partial charge >= 0.3 is 0 Å². The third-order valence-corrected chi connectivity index (χ3v) is 4.83. The maximum atomic E-state index is 12.9. The molecule has 1 fully saturated rings. The van der Waals surface area contributed by atoms with Crippen molar-refractivity contribution in [3.8, 4) is 0 Å². The molecule has 156 valence electrons. The van der Waals surface area contributed by atoms with Crippen molar-refractivity contribution in [2.24, 2.45) is 5.92 Å². The van der Waals surface area contributed by atoms with E-state index in [0.29, 0.717) is 37.6 Å². The van der Waals surface area contributed by atoms with Gasteiger partial charge < -0.3 is 15.0 Å². The average molecular weight is 399 g/mol. The zero-order valence-corrected chi connectivity index (χ0v) is 17.2. The first-order valence-electron chi connectivity index (χ1n) is 10.0. The molecule has 2 N–H and O–H groups in total. The number of carbonyl (C=O) groups is 2. The maximum Gasteiger partial charge on any atom is 0.249 e. The van der Waals surface area contributed by atoms with Crippen LogP contribution in [0.2, 0.25) is 0 Å². The Bertz CT molecular complexity index is 821. The third kappa shape index (κ3) is 5.87. The van der Waals surface area contributed by atoms with E-state index < -0.39 is 0 Å². The number of hydrogen-bond acceptors (Lipinski definition) is 5. The summed E-state index contributed by atoms with van der Waals surface area (Å²) in [7, 11) is 0. The summed E-state index contributed by atoms with van der Waals surface area (Å²) >= 11 is 0. The lowest BCUT2D eigenvalue weighted by Crippen LogP contribution is -2.40. The van der Waals surface area contributed by atoms with Crippen molar-refractivity contribution >= 4 is 11.8 Å². The molecule has 2 aromatic rings. The quantitative estimate of drug-likeness (QED) is 0.708. The number of H-pyrrole nitrogens is 1. The first-order valence-corrected chi connectivity index (χ1v) is 10.0. The van der Waals surface area contributed by atoms with Crippen LogP contribution in [0.25, 0.3) is 0 Å². The molecule has 1 aliphatic heterocycles. The molecule has 0 saturated carbocycles. The Labute approximate surface area is 171 Å². The fourth-order valence-corrected chi connectivity index (χ4v) is 3.54. The van der Waals surface area contributed by atoms with E-state index in [1.54, 1.807) is 4.90 Å². The van der Waals surface area contributed by atoms with Crippen LogP contribution < -0.4 is 5.32 Å². The fourth-order valence-electron chi connectivity index (χ4n) is 3.54. The van der Waals surface area contributed by atoms with Crippen molar-refractivity contribution in [2.75, 3.05) is 13.2 Å². The summed E-state index contributed by atoms with van der Waals surface area (Å²) < 4.78 is 5.63. The third-order valence-electron chi connectivity index (χ3n) is 4.83. The monoisotopic (exact) mass is 399 g/mol. The molecule has 1 aromatic carbocycles. The summed E-state index contributed by atoms with van der Waals surface area (Å²) in [6, 6.07) is 9.33. The number of aromatic amines is 1. The SMILES string of the molecule is Cc1nc([C@@H]2C[C@H](NC(=O)CC(C)C)CN2C(=O)COCc2ccccc2)n[nH]1. The molecule has 0 spiro atoms. The van der Waals surface area contributed by atoms with Gasteiger partial charge in [0.15, 0.2) is 5.82 Å². The van der Waals surface area contributed by atoms with Crippen molar-refractivity contribution in [2.45, 2.75) is 52.3 Å². The number of rotatable bonds is 8. The molecule has 1 aromatic heterocycles. The zero-order valence-electron chi connectivity index (χ0n) is 17.2. The number of ether oxygens (including phenoxy) is 1. The van der Waals surface area contributed by atoms with E-state index >= 15 is 0 Å². The van der Waals surface area contributed by atoms with E-state index in [2.05, 4.69) is 20.5 Å². The van der Waals surface area contributed by atoms with Gasteiger partial charge in [0.05, 0.1) is 12.6 Å². The second-order valence-electron chi connectivity index (χ2n) is 7.92. The minimum atomic E-state index is -0.280. The van der Waals surface area contributed by atoms with Crippen LogP contribution in [0.3, 0.4) is 0 Å². The molecule has 2 atom stereocenters. The van der Waals surface area contributed by atoms with E-state index in [1.165, 1.54) is 0 Å². The summed E-state index contributed by atoms with van der Waals surface area (Å²) in [5, 5.41) is 10.1. The van der Waals surface area contributed by atoms with E-state index in [1.807, 2.05) is 51.1 Å². The van der Waals surface area contributed by atoms with Gasteiger partial charge in [-0.05, 0) is 24.8 Å². The molecule has 2 heterocycles. The highest BCUT2D eigenvalue weighted by Gasteiger charge is 2.38. The number of likely N-dealkylation sites (tertiary alicyclic amines) is 1. The Hall–Kier alpha value is -2.74. The largest absolute Gasteiger partial charge is 0.367 e. The predicted molar refractivity (Wildman–Crippen MR) is 108 cm³/mol. The van der Waals surface area contributed by atoms with Gasteiger partial charge in [0.2, 0.25) is 11.8 Å². The fraction of sp³-hybridized carbons (Fsp3) is 0.524. The lowest BCUT2D eigenvalue weighted by atomic mass is 10.1. The van der Waals surface area contributed by atoms with Gasteiger partial charge in [-0.3, -0.25) is 14.7 Å². The highest BCUT2D eigenvalue weighted by atomic mass is 16.5. The summed E-state index contributed by atoms with van der Waals surface area (Å²) in [6.07, 6.45) is 1.06. The van der Waals surface area contributed by atoms with Gasteiger partial charge in [0, 0.05) is 19.0 Å². The Balaban J connectivity index is 1.62. The van der Waals surface area contributed by atoms with Crippen LogP contribution in [0, 0.1) is 12.8 Å². The first kappa shape index (κ1) is 21.0. The number of nitrogens with one attached hydrogen (secondary N) is 2. The van der Waals surface area contributed by atoms with Gasteiger partial charge in [-0.1, -0.05) is 44.2 Å². The van der Waals surface area contributed by atoms with Crippen LogP contribution >= 0.6 is 0 Å². The molecule has 8 nitrogen and oxygen atoms in total. The van der Waals surface area contributed by atoms with Crippen LogP contribution in [-0.4, -0.2) is 51.1 Å². The maximum absolute atomic E-state index is 12.9. The lowest BCUT2D eigenvalue weighted by Gasteiger charge is -2.22. The molecule has 8 heteroatoms.